The number of alkyl halides is 3. The summed E-state index contributed by atoms with van der Waals surface area (Å²) >= 11 is 0. The van der Waals surface area contributed by atoms with E-state index in [1.165, 1.54) is 27.3 Å². The summed E-state index contributed by atoms with van der Waals surface area (Å²) in [7, 11) is 1.45. The van der Waals surface area contributed by atoms with Crippen molar-refractivity contribution < 1.29 is 22.7 Å². The van der Waals surface area contributed by atoms with Crippen molar-refractivity contribution in [1.29, 1.82) is 0 Å². The van der Waals surface area contributed by atoms with Crippen LogP contribution in [0.5, 0.6) is 0 Å². The van der Waals surface area contributed by atoms with E-state index in [1.54, 1.807) is 12.1 Å². The fraction of sp³-hybridized carbons (Fsp3) is 0.385. The molecule has 4 aromatic heterocycles. The van der Waals surface area contributed by atoms with E-state index < -0.39 is 23.3 Å². The number of carbonyl (C=O) groups excluding carboxylic acids is 1. The SMILES string of the molecule is CCCn1c(=O)n(C2CC2)c(=O)c2[nH]c(-c3ccc(N(CCOC)C(=O)c4ccc(C(F)(F)F)nc4)nc3)nc21. The zero-order valence-corrected chi connectivity index (χ0v) is 21.7. The van der Waals surface area contributed by atoms with E-state index in [2.05, 4.69) is 19.9 Å². The Kier molecular flexibility index (Phi) is 7.27. The molecule has 11 nitrogen and oxygen atoms in total. The number of aromatic amines is 1. The Morgan fingerprint density at radius 3 is 2.50 bits per heavy atom. The molecule has 210 valence electrons. The highest BCUT2D eigenvalue weighted by molar-refractivity contribution is 6.05. The number of hydrogen-bond acceptors (Lipinski definition) is 7. The van der Waals surface area contributed by atoms with Crippen molar-refractivity contribution in [3.63, 3.8) is 0 Å². The fourth-order valence-corrected chi connectivity index (χ4v) is 4.39. The van der Waals surface area contributed by atoms with Gasteiger partial charge in [0.1, 0.15) is 22.9 Å². The maximum atomic E-state index is 13.2. The largest absolute Gasteiger partial charge is 0.433 e. The van der Waals surface area contributed by atoms with Crippen LogP contribution in [0.4, 0.5) is 19.0 Å². The van der Waals surface area contributed by atoms with E-state index >= 15 is 0 Å². The second kappa shape index (κ2) is 10.7. The minimum Gasteiger partial charge on any atom is -0.383 e. The van der Waals surface area contributed by atoms with Gasteiger partial charge in [0.05, 0.1) is 18.7 Å². The van der Waals surface area contributed by atoms with E-state index in [0.29, 0.717) is 24.4 Å². The van der Waals surface area contributed by atoms with Crippen molar-refractivity contribution in [3.05, 3.63) is 68.8 Å². The number of ether oxygens (including phenoxy) is 1. The number of nitrogens with one attached hydrogen (secondary N) is 1. The third-order valence-electron chi connectivity index (χ3n) is 6.53. The Balaban J connectivity index is 1.48. The molecule has 1 amide bonds. The van der Waals surface area contributed by atoms with Crippen LogP contribution >= 0.6 is 0 Å². The maximum absolute atomic E-state index is 13.2. The van der Waals surface area contributed by atoms with Crippen LogP contribution < -0.4 is 16.1 Å². The van der Waals surface area contributed by atoms with Gasteiger partial charge in [0.25, 0.3) is 11.5 Å². The summed E-state index contributed by atoms with van der Waals surface area (Å²) in [5.41, 5.74) is -0.950. The predicted octanol–water partition coefficient (Wildman–Crippen LogP) is 3.40. The van der Waals surface area contributed by atoms with Crippen LogP contribution in [0.3, 0.4) is 0 Å². The number of aryl methyl sites for hydroxylation is 1. The van der Waals surface area contributed by atoms with Crippen molar-refractivity contribution in [3.8, 4) is 11.4 Å². The van der Waals surface area contributed by atoms with Gasteiger partial charge in [-0.15, -0.1) is 0 Å². The number of pyridine rings is 2. The summed E-state index contributed by atoms with van der Waals surface area (Å²) in [5, 5.41) is 0. The molecule has 1 aliphatic carbocycles. The summed E-state index contributed by atoms with van der Waals surface area (Å²) in [6.07, 6.45) is -0.0672. The van der Waals surface area contributed by atoms with Crippen LogP contribution in [-0.2, 0) is 17.5 Å². The Bertz CT molecular complexity index is 1650. The number of methoxy groups -OCH3 is 1. The topological polar surface area (TPSA) is 128 Å². The first kappa shape index (κ1) is 27.2. The summed E-state index contributed by atoms with van der Waals surface area (Å²) < 4.78 is 46.5. The average molecular weight is 558 g/mol. The van der Waals surface area contributed by atoms with Crippen molar-refractivity contribution in [2.24, 2.45) is 0 Å². The number of carbonyl (C=O) groups is 1. The van der Waals surface area contributed by atoms with Gasteiger partial charge in [-0.25, -0.2) is 14.8 Å². The third-order valence-corrected chi connectivity index (χ3v) is 6.53. The molecule has 1 N–H and O–H groups in total. The molecule has 4 aromatic rings. The highest BCUT2D eigenvalue weighted by Gasteiger charge is 2.33. The van der Waals surface area contributed by atoms with Crippen LogP contribution in [0.2, 0.25) is 0 Å². The van der Waals surface area contributed by atoms with Gasteiger partial charge in [-0.2, -0.15) is 13.2 Å². The number of anilines is 1. The second-order valence-electron chi connectivity index (χ2n) is 9.41. The lowest BCUT2D eigenvalue weighted by Gasteiger charge is -2.21. The summed E-state index contributed by atoms with van der Waals surface area (Å²) in [6.45, 7) is 2.56. The fourth-order valence-electron chi connectivity index (χ4n) is 4.39. The number of fused-ring (bicyclic) bond motifs is 1. The van der Waals surface area contributed by atoms with Gasteiger partial charge in [0.2, 0.25) is 0 Å². The molecule has 0 unspecified atom stereocenters. The molecule has 0 radical (unpaired) electrons. The summed E-state index contributed by atoms with van der Waals surface area (Å²) in [4.78, 5) is 55.9. The van der Waals surface area contributed by atoms with E-state index in [9.17, 15) is 27.6 Å². The lowest BCUT2D eigenvalue weighted by Crippen LogP contribution is -2.39. The summed E-state index contributed by atoms with van der Waals surface area (Å²) in [5.74, 6) is -0.0575. The van der Waals surface area contributed by atoms with Crippen molar-refractivity contribution >= 4 is 22.9 Å². The number of nitrogens with zero attached hydrogens (tertiary/aromatic N) is 6. The molecule has 0 aliphatic heterocycles. The standard InChI is InChI=1S/C26H26F3N7O4/c1-3-10-35-22-20(24(38)36(25(35)39)17-6-7-17)32-21(33-22)15-5-9-19(31-13-15)34(11-12-40-2)23(37)16-4-8-18(30-14-16)26(27,28)29/h4-5,8-9,13-14,17H,3,6-7,10-12H2,1-2H3,(H,32,33). The monoisotopic (exact) mass is 557 g/mol. The highest BCUT2D eigenvalue weighted by atomic mass is 19.4. The van der Waals surface area contributed by atoms with E-state index in [1.807, 2.05) is 6.92 Å². The Hall–Kier alpha value is -4.33. The number of H-pyrrole nitrogens is 1. The molecule has 0 atom stereocenters. The molecule has 0 bridgehead atoms. The highest BCUT2D eigenvalue weighted by Crippen LogP contribution is 2.32. The van der Waals surface area contributed by atoms with Gasteiger partial charge in [-0.05, 0) is 43.5 Å². The minimum atomic E-state index is -4.62. The third kappa shape index (κ3) is 5.13. The molecule has 4 heterocycles. The lowest BCUT2D eigenvalue weighted by molar-refractivity contribution is -0.141. The Morgan fingerprint density at radius 1 is 1.15 bits per heavy atom. The maximum Gasteiger partial charge on any atom is 0.433 e. The smallest absolute Gasteiger partial charge is 0.383 e. The quantitative estimate of drug-likeness (QED) is 0.334. The molecule has 40 heavy (non-hydrogen) atoms. The second-order valence-corrected chi connectivity index (χ2v) is 9.41. The van der Waals surface area contributed by atoms with Crippen molar-refractivity contribution in [2.45, 2.75) is 44.9 Å². The van der Waals surface area contributed by atoms with Crippen molar-refractivity contribution in [2.75, 3.05) is 25.2 Å². The van der Waals surface area contributed by atoms with Crippen LogP contribution in [0, 0.1) is 0 Å². The molecular weight excluding hydrogens is 531 g/mol. The van der Waals surface area contributed by atoms with Gasteiger partial charge in [0, 0.05) is 37.7 Å². The van der Waals surface area contributed by atoms with Gasteiger partial charge >= 0.3 is 11.9 Å². The first-order valence-electron chi connectivity index (χ1n) is 12.7. The Morgan fingerprint density at radius 2 is 1.93 bits per heavy atom. The van der Waals surface area contributed by atoms with Crippen LogP contribution in [0.25, 0.3) is 22.6 Å². The number of hydrogen-bond donors (Lipinski definition) is 1. The van der Waals surface area contributed by atoms with Crippen molar-refractivity contribution in [1.82, 2.24) is 29.1 Å². The molecule has 0 spiro atoms. The number of halogens is 3. The predicted molar refractivity (Wildman–Crippen MR) is 139 cm³/mol. The van der Waals surface area contributed by atoms with Crippen LogP contribution in [0.1, 0.15) is 48.3 Å². The Labute approximate surface area is 225 Å². The minimum absolute atomic E-state index is 0.0481. The van der Waals surface area contributed by atoms with Crippen LogP contribution in [-0.4, -0.2) is 55.2 Å². The van der Waals surface area contributed by atoms with Gasteiger partial charge < -0.3 is 9.72 Å². The molecule has 5 rings (SSSR count). The number of rotatable bonds is 9. The number of amides is 1. The molecule has 1 aliphatic rings. The first-order chi connectivity index (χ1) is 19.1. The summed E-state index contributed by atoms with van der Waals surface area (Å²) in [6, 6.07) is 4.89. The average Bonchev–Trinajstić information content (AvgIpc) is 3.67. The molecule has 0 aromatic carbocycles. The normalized spacial score (nSPS) is 13.6. The molecule has 0 saturated heterocycles. The first-order valence-corrected chi connectivity index (χ1v) is 12.7. The van der Waals surface area contributed by atoms with Crippen LogP contribution in [0.15, 0.2) is 46.2 Å². The zero-order valence-electron chi connectivity index (χ0n) is 21.7. The molecule has 14 heteroatoms. The lowest BCUT2D eigenvalue weighted by atomic mass is 10.2. The molecule has 1 saturated carbocycles. The number of imidazole rings is 1. The van der Waals surface area contributed by atoms with E-state index in [-0.39, 0.29) is 47.4 Å². The number of aromatic nitrogens is 6. The van der Waals surface area contributed by atoms with Gasteiger partial charge in [-0.3, -0.25) is 28.6 Å². The van der Waals surface area contributed by atoms with E-state index in [0.717, 1.165) is 31.2 Å². The van der Waals surface area contributed by atoms with Gasteiger partial charge in [-0.1, -0.05) is 6.92 Å². The van der Waals surface area contributed by atoms with Gasteiger partial charge in [0.15, 0.2) is 5.65 Å². The van der Waals surface area contributed by atoms with E-state index in [4.69, 9.17) is 4.74 Å². The molecular formula is C26H26F3N7O4. The molecule has 1 fully saturated rings. The zero-order chi connectivity index (χ0) is 28.6.